The van der Waals surface area contributed by atoms with Crippen LogP contribution < -0.4 is 10.1 Å². The fourth-order valence-corrected chi connectivity index (χ4v) is 3.08. The van der Waals surface area contributed by atoms with Crippen LogP contribution in [0.4, 0.5) is 5.82 Å². The van der Waals surface area contributed by atoms with E-state index >= 15 is 0 Å². The Morgan fingerprint density at radius 2 is 2.09 bits per heavy atom. The summed E-state index contributed by atoms with van der Waals surface area (Å²) in [5, 5.41) is 8.98. The zero-order valence-corrected chi connectivity index (χ0v) is 15.0. The van der Waals surface area contributed by atoms with Gasteiger partial charge in [-0.1, -0.05) is 22.9 Å². The first-order valence-corrected chi connectivity index (χ1v) is 8.30. The van der Waals surface area contributed by atoms with Crippen LogP contribution in [0.3, 0.4) is 0 Å². The number of halogens is 1. The molecule has 2 aromatic heterocycles. The number of ether oxygens (including phenoxy) is 1. The Kier molecular flexibility index (Phi) is 4.52. The van der Waals surface area contributed by atoms with Gasteiger partial charge in [-0.25, -0.2) is 9.67 Å². The zero-order chi connectivity index (χ0) is 16.4. The average molecular weight is 375 g/mol. The summed E-state index contributed by atoms with van der Waals surface area (Å²) in [7, 11) is 3.57. The second-order valence-electron chi connectivity index (χ2n) is 5.30. The maximum atomic E-state index is 5.47. The van der Waals surface area contributed by atoms with Gasteiger partial charge >= 0.3 is 0 Å². The van der Waals surface area contributed by atoms with Gasteiger partial charge in [0, 0.05) is 23.5 Å². The fourth-order valence-electron chi connectivity index (χ4n) is 2.70. The van der Waals surface area contributed by atoms with Gasteiger partial charge in [0.15, 0.2) is 0 Å². The second kappa shape index (κ2) is 6.58. The summed E-state index contributed by atoms with van der Waals surface area (Å²) in [6, 6.07) is 10.1. The van der Waals surface area contributed by atoms with Gasteiger partial charge in [0.1, 0.15) is 5.82 Å². The van der Waals surface area contributed by atoms with Crippen molar-refractivity contribution in [3.05, 3.63) is 46.1 Å². The van der Waals surface area contributed by atoms with E-state index in [0.29, 0.717) is 6.54 Å². The van der Waals surface area contributed by atoms with Crippen molar-refractivity contribution in [2.75, 3.05) is 12.4 Å². The molecule has 0 spiro atoms. The highest BCUT2D eigenvalue weighted by Crippen LogP contribution is 2.24. The molecule has 0 fully saturated rings. The Labute approximate surface area is 143 Å². The summed E-state index contributed by atoms with van der Waals surface area (Å²) in [6.45, 7) is 2.73. The molecule has 0 amide bonds. The highest BCUT2D eigenvalue weighted by Gasteiger charge is 2.15. The van der Waals surface area contributed by atoms with Crippen LogP contribution in [0.5, 0.6) is 5.88 Å². The van der Waals surface area contributed by atoms with Crippen LogP contribution in [0.15, 0.2) is 34.8 Å². The molecule has 0 radical (unpaired) electrons. The van der Waals surface area contributed by atoms with Crippen molar-refractivity contribution in [3.63, 3.8) is 0 Å². The molecule has 2 heterocycles. The van der Waals surface area contributed by atoms with Crippen molar-refractivity contribution < 1.29 is 4.74 Å². The molecular weight excluding hydrogens is 356 g/mol. The van der Waals surface area contributed by atoms with E-state index in [0.717, 1.165) is 44.8 Å². The maximum Gasteiger partial charge on any atom is 0.216 e. The van der Waals surface area contributed by atoms with Crippen LogP contribution in [0, 0.1) is 0 Å². The quantitative estimate of drug-likeness (QED) is 0.735. The minimum absolute atomic E-state index is 0.634. The summed E-state index contributed by atoms with van der Waals surface area (Å²) in [6.07, 6.45) is 0.868. The number of pyridine rings is 1. The van der Waals surface area contributed by atoms with E-state index in [9.17, 15) is 0 Å². The second-order valence-corrected chi connectivity index (χ2v) is 6.21. The number of anilines is 1. The highest BCUT2D eigenvalue weighted by molar-refractivity contribution is 9.10. The van der Waals surface area contributed by atoms with Crippen molar-refractivity contribution in [3.8, 4) is 5.88 Å². The summed E-state index contributed by atoms with van der Waals surface area (Å²) in [4.78, 5) is 4.65. The lowest BCUT2D eigenvalue weighted by molar-refractivity contribution is 0.369. The lowest BCUT2D eigenvalue weighted by Gasteiger charge is -2.09. The number of aryl methyl sites for hydroxylation is 2. The van der Waals surface area contributed by atoms with Gasteiger partial charge in [0.25, 0.3) is 0 Å². The molecule has 0 aliphatic rings. The van der Waals surface area contributed by atoms with Crippen LogP contribution in [-0.2, 0) is 20.0 Å². The highest BCUT2D eigenvalue weighted by atomic mass is 79.9. The molecule has 120 valence electrons. The Morgan fingerprint density at radius 1 is 1.26 bits per heavy atom. The first kappa shape index (κ1) is 15.8. The van der Waals surface area contributed by atoms with Crippen molar-refractivity contribution in [2.45, 2.75) is 19.9 Å². The van der Waals surface area contributed by atoms with Crippen LogP contribution in [0.1, 0.15) is 18.2 Å². The van der Waals surface area contributed by atoms with Gasteiger partial charge in [0.2, 0.25) is 5.88 Å². The first-order valence-electron chi connectivity index (χ1n) is 7.51. The molecule has 1 aromatic carbocycles. The number of nitrogens with one attached hydrogen (secondary N) is 1. The zero-order valence-electron chi connectivity index (χ0n) is 13.4. The summed E-state index contributed by atoms with van der Waals surface area (Å²) >= 11 is 3.48. The molecular formula is C17H19BrN4O. The third-order valence-corrected chi connectivity index (χ3v) is 4.29. The summed E-state index contributed by atoms with van der Waals surface area (Å²) in [5.41, 5.74) is 3.09. The molecule has 0 saturated carbocycles. The average Bonchev–Trinajstić information content (AvgIpc) is 2.87. The van der Waals surface area contributed by atoms with E-state index in [-0.39, 0.29) is 0 Å². The van der Waals surface area contributed by atoms with Crippen molar-refractivity contribution in [2.24, 2.45) is 7.05 Å². The van der Waals surface area contributed by atoms with Gasteiger partial charge < -0.3 is 10.1 Å². The monoisotopic (exact) mass is 374 g/mol. The van der Waals surface area contributed by atoms with E-state index in [1.165, 1.54) is 0 Å². The minimum atomic E-state index is 0.634. The molecule has 3 rings (SSSR count). The Balaban J connectivity index is 1.85. The van der Waals surface area contributed by atoms with Gasteiger partial charge in [0.05, 0.1) is 23.9 Å². The van der Waals surface area contributed by atoms with Crippen LogP contribution >= 0.6 is 15.9 Å². The van der Waals surface area contributed by atoms with E-state index in [1.807, 2.05) is 25.2 Å². The third kappa shape index (κ3) is 3.17. The van der Waals surface area contributed by atoms with Crippen LogP contribution in [-0.4, -0.2) is 21.9 Å². The minimum Gasteiger partial charge on any atom is -0.481 e. The van der Waals surface area contributed by atoms with E-state index in [4.69, 9.17) is 4.74 Å². The van der Waals surface area contributed by atoms with Crippen molar-refractivity contribution in [1.29, 1.82) is 0 Å². The number of aromatic nitrogens is 3. The molecule has 23 heavy (non-hydrogen) atoms. The van der Waals surface area contributed by atoms with Gasteiger partial charge in [-0.15, -0.1) is 0 Å². The predicted molar refractivity (Wildman–Crippen MR) is 95.9 cm³/mol. The standard InChI is InChI=1S/C17H19BrN4O/c1-4-14-13(17(23-3)22(2)21-14)10-19-16-8-5-11-9-12(18)6-7-15(11)20-16/h5-9H,4,10H2,1-3H3,(H,19,20). The summed E-state index contributed by atoms with van der Waals surface area (Å²) < 4.78 is 8.30. The molecule has 3 aromatic rings. The number of rotatable bonds is 5. The number of hydrogen-bond donors (Lipinski definition) is 1. The number of fused-ring (bicyclic) bond motifs is 1. The molecule has 0 aliphatic heterocycles. The van der Waals surface area contributed by atoms with E-state index in [2.05, 4.69) is 50.4 Å². The van der Waals surface area contributed by atoms with Gasteiger partial charge in [-0.05, 0) is 36.8 Å². The van der Waals surface area contributed by atoms with Crippen molar-refractivity contribution in [1.82, 2.24) is 14.8 Å². The van der Waals surface area contributed by atoms with Gasteiger partial charge in [-0.3, -0.25) is 0 Å². The largest absolute Gasteiger partial charge is 0.481 e. The SMILES string of the molecule is CCc1nn(C)c(OC)c1CNc1ccc2cc(Br)ccc2n1. The maximum absolute atomic E-state index is 5.47. The molecule has 1 N–H and O–H groups in total. The molecule has 0 aliphatic carbocycles. The first-order chi connectivity index (χ1) is 11.1. The van der Waals surface area contributed by atoms with Crippen molar-refractivity contribution >= 4 is 32.7 Å². The molecule has 0 atom stereocenters. The molecule has 0 unspecified atom stereocenters. The molecule has 0 bridgehead atoms. The predicted octanol–water partition coefficient (Wildman–Crippen LogP) is 3.91. The topological polar surface area (TPSA) is 52.0 Å². The van der Waals surface area contributed by atoms with Crippen LogP contribution in [0.2, 0.25) is 0 Å². The molecule has 5 nitrogen and oxygen atoms in total. The van der Waals surface area contributed by atoms with E-state index in [1.54, 1.807) is 11.8 Å². The molecule has 6 heteroatoms. The normalized spacial score (nSPS) is 11.0. The fraction of sp³-hybridized carbons (Fsp3) is 0.294. The number of hydrogen-bond acceptors (Lipinski definition) is 4. The third-order valence-electron chi connectivity index (χ3n) is 3.80. The summed E-state index contributed by atoms with van der Waals surface area (Å²) in [5.74, 6) is 1.63. The van der Waals surface area contributed by atoms with E-state index < -0.39 is 0 Å². The smallest absolute Gasteiger partial charge is 0.216 e. The van der Waals surface area contributed by atoms with Crippen LogP contribution in [0.25, 0.3) is 10.9 Å². The molecule has 0 saturated heterocycles. The Hall–Kier alpha value is -2.08. The lowest BCUT2D eigenvalue weighted by Crippen LogP contribution is -2.04. The van der Waals surface area contributed by atoms with Gasteiger partial charge in [-0.2, -0.15) is 5.10 Å². The number of nitrogens with zero attached hydrogens (tertiary/aromatic N) is 3. The number of benzene rings is 1. The number of methoxy groups -OCH3 is 1. The Morgan fingerprint density at radius 3 is 2.83 bits per heavy atom. The lowest BCUT2D eigenvalue weighted by atomic mass is 10.2. The Bertz CT molecular complexity index is 844.